The van der Waals surface area contributed by atoms with Crippen LogP contribution in [0.4, 0.5) is 0 Å². The Morgan fingerprint density at radius 3 is 1.11 bits per heavy atom. The van der Waals surface area contributed by atoms with E-state index in [-0.39, 0.29) is 11.6 Å². The van der Waals surface area contributed by atoms with Crippen molar-refractivity contribution in [2.24, 2.45) is 0 Å². The molecule has 0 aliphatic carbocycles. The summed E-state index contributed by atoms with van der Waals surface area (Å²) in [5, 5.41) is 0. The average Bonchev–Trinajstić information content (AvgIpc) is 3.00. The predicted molar refractivity (Wildman–Crippen MR) is 154 cm³/mol. The molecule has 1 fully saturated rings. The lowest BCUT2D eigenvalue weighted by molar-refractivity contribution is 0.103. The lowest BCUT2D eigenvalue weighted by Crippen LogP contribution is -2.41. The summed E-state index contributed by atoms with van der Waals surface area (Å²) in [5.41, 5.74) is 5.82. The number of rotatable bonds is 8. The first-order valence-electron chi connectivity index (χ1n) is 12.9. The van der Waals surface area contributed by atoms with Crippen LogP contribution in [-0.2, 0) is 0 Å². The summed E-state index contributed by atoms with van der Waals surface area (Å²) in [5.74, 6) is -0.00775. The molecule has 0 aromatic heterocycles. The summed E-state index contributed by atoms with van der Waals surface area (Å²) in [6.07, 6.45) is 7.05. The largest absolute Gasteiger partial charge is 0.374 e. The molecule has 4 aromatic carbocycles. The molecule has 1 aliphatic heterocycles. The van der Waals surface area contributed by atoms with Crippen LogP contribution in [0.15, 0.2) is 134 Å². The summed E-state index contributed by atoms with van der Waals surface area (Å²) < 4.78 is 0. The van der Waals surface area contributed by atoms with Gasteiger partial charge in [0, 0.05) is 61.9 Å². The quantitative estimate of drug-likeness (QED) is 0.199. The zero-order chi connectivity index (χ0) is 26.2. The minimum Gasteiger partial charge on any atom is -0.374 e. The molecule has 0 bridgehead atoms. The van der Waals surface area contributed by atoms with Crippen LogP contribution in [0.25, 0.3) is 22.3 Å². The monoisotopic (exact) mass is 498 g/mol. The van der Waals surface area contributed by atoms with E-state index in [9.17, 15) is 9.59 Å². The predicted octanol–water partition coefficient (Wildman–Crippen LogP) is 6.73. The second-order valence-corrected chi connectivity index (χ2v) is 9.32. The summed E-state index contributed by atoms with van der Waals surface area (Å²) in [4.78, 5) is 29.6. The second kappa shape index (κ2) is 12.0. The number of benzene rings is 4. The van der Waals surface area contributed by atoms with Crippen LogP contribution in [0.1, 0.15) is 20.7 Å². The van der Waals surface area contributed by atoms with Crippen molar-refractivity contribution in [1.29, 1.82) is 0 Å². The Bertz CT molecular complexity index is 1300. The molecule has 0 radical (unpaired) electrons. The van der Waals surface area contributed by atoms with E-state index in [0.717, 1.165) is 48.4 Å². The van der Waals surface area contributed by atoms with E-state index in [4.69, 9.17) is 0 Å². The highest BCUT2D eigenvalue weighted by atomic mass is 16.1. The number of carbonyl (C=O) groups is 2. The summed E-state index contributed by atoms with van der Waals surface area (Å²) in [6.45, 7) is 3.17. The van der Waals surface area contributed by atoms with Gasteiger partial charge in [-0.15, -0.1) is 0 Å². The van der Waals surface area contributed by atoms with Crippen molar-refractivity contribution in [1.82, 2.24) is 9.80 Å². The van der Waals surface area contributed by atoms with Crippen LogP contribution >= 0.6 is 0 Å². The van der Waals surface area contributed by atoms with Crippen molar-refractivity contribution in [3.8, 4) is 22.3 Å². The van der Waals surface area contributed by atoms with Gasteiger partial charge >= 0.3 is 0 Å². The maximum Gasteiger partial charge on any atom is 0.187 e. The zero-order valence-corrected chi connectivity index (χ0v) is 21.2. The molecule has 38 heavy (non-hydrogen) atoms. The third-order valence-corrected chi connectivity index (χ3v) is 6.78. The smallest absolute Gasteiger partial charge is 0.187 e. The molecule has 0 N–H and O–H groups in total. The number of carbonyl (C=O) groups excluding carboxylic acids is 2. The number of piperazine rings is 1. The van der Waals surface area contributed by atoms with Crippen molar-refractivity contribution in [2.75, 3.05) is 26.2 Å². The Morgan fingerprint density at radius 1 is 0.447 bits per heavy atom. The molecule has 0 unspecified atom stereocenters. The third kappa shape index (κ3) is 6.34. The Balaban J connectivity index is 1.09. The van der Waals surface area contributed by atoms with Gasteiger partial charge in [-0.1, -0.05) is 109 Å². The minimum absolute atomic E-state index is 0.00387. The Hall–Kier alpha value is -4.70. The average molecular weight is 499 g/mol. The first-order chi connectivity index (χ1) is 18.7. The second-order valence-electron chi connectivity index (χ2n) is 9.32. The molecular weight excluding hydrogens is 468 g/mol. The number of ketones is 2. The molecule has 4 nitrogen and oxygen atoms in total. The highest BCUT2D eigenvalue weighted by molar-refractivity contribution is 6.05. The van der Waals surface area contributed by atoms with Gasteiger partial charge < -0.3 is 9.80 Å². The van der Waals surface area contributed by atoms with Crippen LogP contribution in [0, 0.1) is 0 Å². The molecular formula is C34H30N2O2. The van der Waals surface area contributed by atoms with Gasteiger partial charge in [-0.25, -0.2) is 0 Å². The zero-order valence-electron chi connectivity index (χ0n) is 21.2. The van der Waals surface area contributed by atoms with E-state index in [2.05, 4.69) is 34.1 Å². The van der Waals surface area contributed by atoms with E-state index in [1.807, 2.05) is 97.3 Å². The molecule has 0 spiro atoms. The molecule has 1 aliphatic rings. The lowest BCUT2D eigenvalue weighted by atomic mass is 10.0. The molecule has 0 amide bonds. The van der Waals surface area contributed by atoms with Crippen molar-refractivity contribution in [3.05, 3.63) is 145 Å². The van der Waals surface area contributed by atoms with Crippen LogP contribution < -0.4 is 0 Å². The number of hydrogen-bond donors (Lipinski definition) is 0. The Morgan fingerprint density at radius 2 is 0.763 bits per heavy atom. The fraction of sp³-hybridized carbons (Fsp3) is 0.118. The summed E-state index contributed by atoms with van der Waals surface area (Å²) in [7, 11) is 0. The van der Waals surface area contributed by atoms with E-state index in [0.29, 0.717) is 11.1 Å². The van der Waals surface area contributed by atoms with E-state index < -0.39 is 0 Å². The fourth-order valence-corrected chi connectivity index (χ4v) is 4.49. The Labute approximate surface area is 224 Å². The Kier molecular flexibility index (Phi) is 7.90. The lowest BCUT2D eigenvalue weighted by Gasteiger charge is -2.33. The maximum atomic E-state index is 12.6. The maximum absolute atomic E-state index is 12.6. The highest BCUT2D eigenvalue weighted by Crippen LogP contribution is 2.21. The van der Waals surface area contributed by atoms with E-state index in [1.165, 1.54) is 0 Å². The van der Waals surface area contributed by atoms with Gasteiger partial charge in [0.1, 0.15) is 0 Å². The van der Waals surface area contributed by atoms with Crippen molar-refractivity contribution in [2.45, 2.75) is 0 Å². The highest BCUT2D eigenvalue weighted by Gasteiger charge is 2.13. The third-order valence-electron chi connectivity index (χ3n) is 6.78. The number of hydrogen-bond acceptors (Lipinski definition) is 4. The SMILES string of the molecule is O=C(/C=C/N1CCN(/C=C/C(=O)c2ccc(-c3ccccc3)cc2)CC1)c1ccc(-c2ccccc2)cc1. The molecule has 4 heteroatoms. The minimum atomic E-state index is -0.00387. The first kappa shape index (κ1) is 25.0. The molecule has 4 aromatic rings. The number of allylic oxidation sites excluding steroid dienone is 2. The topological polar surface area (TPSA) is 40.6 Å². The van der Waals surface area contributed by atoms with Crippen LogP contribution in [0.2, 0.25) is 0 Å². The van der Waals surface area contributed by atoms with E-state index >= 15 is 0 Å². The van der Waals surface area contributed by atoms with Gasteiger partial charge in [0.05, 0.1) is 0 Å². The molecule has 1 saturated heterocycles. The molecule has 5 rings (SSSR count). The van der Waals surface area contributed by atoms with Crippen LogP contribution in [-0.4, -0.2) is 47.5 Å². The van der Waals surface area contributed by atoms with Gasteiger partial charge in [0.25, 0.3) is 0 Å². The van der Waals surface area contributed by atoms with Gasteiger partial charge in [0.15, 0.2) is 11.6 Å². The van der Waals surface area contributed by atoms with Crippen molar-refractivity contribution in [3.63, 3.8) is 0 Å². The molecule has 1 heterocycles. The van der Waals surface area contributed by atoms with Crippen LogP contribution in [0.5, 0.6) is 0 Å². The normalized spacial score (nSPS) is 13.8. The van der Waals surface area contributed by atoms with Gasteiger partial charge in [-0.05, 0) is 22.3 Å². The van der Waals surface area contributed by atoms with Gasteiger partial charge in [0.2, 0.25) is 0 Å². The fourth-order valence-electron chi connectivity index (χ4n) is 4.49. The molecule has 0 atom stereocenters. The molecule has 188 valence electrons. The van der Waals surface area contributed by atoms with Gasteiger partial charge in [-0.3, -0.25) is 9.59 Å². The van der Waals surface area contributed by atoms with E-state index in [1.54, 1.807) is 12.2 Å². The first-order valence-corrected chi connectivity index (χ1v) is 12.9. The summed E-state index contributed by atoms with van der Waals surface area (Å²) in [6, 6.07) is 35.7. The standard InChI is InChI=1S/C34H30N2O2/c37-33(31-15-11-29(12-16-31)27-7-3-1-4-8-27)19-21-35-23-25-36(26-24-35)22-20-34(38)32-17-13-30(14-18-32)28-9-5-2-6-10-28/h1-22H,23-26H2/b21-19+,22-20+. The van der Waals surface area contributed by atoms with Crippen molar-refractivity contribution >= 4 is 11.6 Å². The van der Waals surface area contributed by atoms with Crippen molar-refractivity contribution < 1.29 is 9.59 Å². The van der Waals surface area contributed by atoms with Gasteiger partial charge in [-0.2, -0.15) is 0 Å². The van der Waals surface area contributed by atoms with Crippen LogP contribution in [0.3, 0.4) is 0 Å². The molecule has 0 saturated carbocycles. The number of nitrogens with zero attached hydrogens (tertiary/aromatic N) is 2. The summed E-state index contributed by atoms with van der Waals surface area (Å²) >= 11 is 0.